The highest BCUT2D eigenvalue weighted by Crippen LogP contribution is 2.41. The van der Waals surface area contributed by atoms with Gasteiger partial charge in [0.25, 0.3) is 0 Å². The maximum atomic E-state index is 12.7. The summed E-state index contributed by atoms with van der Waals surface area (Å²) in [5, 5.41) is 14.6. The molecular weight excluding hydrogens is 316 g/mol. The second-order valence-corrected chi connectivity index (χ2v) is 6.89. The number of hydrogen-bond donors (Lipinski definition) is 1. The number of hydrogen-bond acceptors (Lipinski definition) is 4. The van der Waals surface area contributed by atoms with Crippen molar-refractivity contribution in [2.75, 3.05) is 24.6 Å². The van der Waals surface area contributed by atoms with Gasteiger partial charge in [0, 0.05) is 37.0 Å². The molecule has 1 unspecified atom stereocenters. The summed E-state index contributed by atoms with van der Waals surface area (Å²) in [5.41, 5.74) is 1.50. The van der Waals surface area contributed by atoms with Gasteiger partial charge in [-0.1, -0.05) is 6.92 Å². The number of aliphatic hydroxyl groups excluding tert-OH is 1. The van der Waals surface area contributed by atoms with E-state index in [9.17, 15) is 13.9 Å². The second kappa shape index (κ2) is 5.88. The van der Waals surface area contributed by atoms with Crippen molar-refractivity contribution < 1.29 is 18.6 Å². The van der Waals surface area contributed by atoms with Crippen molar-refractivity contribution in [1.82, 2.24) is 9.78 Å². The Hall–Kier alpha value is -1.89. The first kappa shape index (κ1) is 15.6. The zero-order valence-electron chi connectivity index (χ0n) is 13.5. The first-order valence-electron chi connectivity index (χ1n) is 8.39. The van der Waals surface area contributed by atoms with Crippen LogP contribution in [0.4, 0.5) is 14.5 Å². The standard InChI is InChI=1S/C17H21F2N3O2/c1-10(9-23)11-6-21(7-11)14-4-5-15(24-17(18)19)16-13(14)8-22(20-16)12-2-3-12/h4-5,8,10-12,17,23H,2-3,6-7,9H2,1H3. The third-order valence-corrected chi connectivity index (χ3v) is 5.11. The molecule has 1 aliphatic carbocycles. The zero-order chi connectivity index (χ0) is 16.8. The van der Waals surface area contributed by atoms with E-state index >= 15 is 0 Å². The number of anilines is 1. The largest absolute Gasteiger partial charge is 0.432 e. The summed E-state index contributed by atoms with van der Waals surface area (Å²) < 4.78 is 31.8. The Morgan fingerprint density at radius 2 is 2.08 bits per heavy atom. The molecule has 2 aromatic rings. The van der Waals surface area contributed by atoms with Gasteiger partial charge < -0.3 is 14.7 Å². The predicted molar refractivity (Wildman–Crippen MR) is 86.6 cm³/mol. The van der Waals surface area contributed by atoms with E-state index in [1.807, 2.05) is 23.9 Å². The topological polar surface area (TPSA) is 50.5 Å². The van der Waals surface area contributed by atoms with E-state index in [0.717, 1.165) is 37.0 Å². The molecular formula is C17H21F2N3O2. The number of nitrogens with zero attached hydrogens (tertiary/aromatic N) is 3. The van der Waals surface area contributed by atoms with Crippen LogP contribution < -0.4 is 9.64 Å². The highest BCUT2D eigenvalue weighted by Gasteiger charge is 2.33. The molecule has 2 fully saturated rings. The number of ether oxygens (including phenoxy) is 1. The number of benzene rings is 1. The Labute approximate surface area is 138 Å². The summed E-state index contributed by atoms with van der Waals surface area (Å²) >= 11 is 0. The SMILES string of the molecule is CC(CO)C1CN(c2ccc(OC(F)F)c3nn(C4CC4)cc23)C1. The molecule has 7 heteroatoms. The molecule has 5 nitrogen and oxygen atoms in total. The fraction of sp³-hybridized carbons (Fsp3) is 0.588. The van der Waals surface area contributed by atoms with E-state index in [-0.39, 0.29) is 18.3 Å². The van der Waals surface area contributed by atoms with Crippen LogP contribution in [0, 0.1) is 11.8 Å². The van der Waals surface area contributed by atoms with Crippen molar-refractivity contribution in [3.8, 4) is 5.75 Å². The van der Waals surface area contributed by atoms with Gasteiger partial charge in [0.05, 0.1) is 6.04 Å². The minimum atomic E-state index is -2.86. The lowest BCUT2D eigenvalue weighted by molar-refractivity contribution is -0.0489. The highest BCUT2D eigenvalue weighted by atomic mass is 19.3. The summed E-state index contributed by atoms with van der Waals surface area (Å²) in [4.78, 5) is 2.21. The van der Waals surface area contributed by atoms with E-state index in [1.165, 1.54) is 0 Å². The Morgan fingerprint density at radius 1 is 1.33 bits per heavy atom. The summed E-state index contributed by atoms with van der Waals surface area (Å²) in [7, 11) is 0. The second-order valence-electron chi connectivity index (χ2n) is 6.89. The Balaban J connectivity index is 1.66. The molecule has 1 atom stereocenters. The highest BCUT2D eigenvalue weighted by molar-refractivity contribution is 5.96. The Morgan fingerprint density at radius 3 is 2.71 bits per heavy atom. The van der Waals surface area contributed by atoms with Gasteiger partial charge in [-0.15, -0.1) is 0 Å². The number of rotatable bonds is 6. The van der Waals surface area contributed by atoms with E-state index in [1.54, 1.807) is 6.07 Å². The fourth-order valence-corrected chi connectivity index (χ4v) is 3.30. The van der Waals surface area contributed by atoms with Crippen LogP contribution in [-0.4, -0.2) is 41.2 Å². The molecule has 0 bridgehead atoms. The van der Waals surface area contributed by atoms with Gasteiger partial charge in [-0.2, -0.15) is 13.9 Å². The number of fused-ring (bicyclic) bond motifs is 1. The van der Waals surface area contributed by atoms with Crippen LogP contribution >= 0.6 is 0 Å². The molecule has 0 spiro atoms. The normalized spacial score (nSPS) is 19.8. The lowest BCUT2D eigenvalue weighted by Gasteiger charge is -2.44. The number of alkyl halides is 2. The van der Waals surface area contributed by atoms with Gasteiger partial charge in [-0.05, 0) is 36.8 Å². The van der Waals surface area contributed by atoms with Gasteiger partial charge in [-0.25, -0.2) is 0 Å². The Kier molecular flexibility index (Phi) is 3.83. The van der Waals surface area contributed by atoms with E-state index in [0.29, 0.717) is 17.5 Å². The maximum Gasteiger partial charge on any atom is 0.387 e. The first-order valence-corrected chi connectivity index (χ1v) is 8.39. The molecule has 24 heavy (non-hydrogen) atoms. The Bertz CT molecular complexity index is 739. The molecule has 2 aliphatic rings. The maximum absolute atomic E-state index is 12.7. The van der Waals surface area contributed by atoms with Crippen LogP contribution in [0.3, 0.4) is 0 Å². The average Bonchev–Trinajstić information content (AvgIpc) is 3.25. The van der Waals surface area contributed by atoms with Crippen molar-refractivity contribution >= 4 is 16.6 Å². The summed E-state index contributed by atoms with van der Waals surface area (Å²) in [6.07, 6.45) is 4.10. The zero-order valence-corrected chi connectivity index (χ0v) is 13.5. The minimum absolute atomic E-state index is 0.129. The van der Waals surface area contributed by atoms with Gasteiger partial charge in [-0.3, -0.25) is 4.68 Å². The lowest BCUT2D eigenvalue weighted by atomic mass is 9.87. The average molecular weight is 337 g/mol. The molecule has 130 valence electrons. The van der Waals surface area contributed by atoms with Crippen LogP contribution in [0.2, 0.25) is 0 Å². The summed E-state index contributed by atoms with van der Waals surface area (Å²) in [5.74, 6) is 0.858. The quantitative estimate of drug-likeness (QED) is 0.880. The van der Waals surface area contributed by atoms with Crippen LogP contribution in [0.5, 0.6) is 5.75 Å². The molecule has 4 rings (SSSR count). The van der Waals surface area contributed by atoms with Crippen molar-refractivity contribution in [3.05, 3.63) is 18.3 Å². The third-order valence-electron chi connectivity index (χ3n) is 5.11. The molecule has 0 amide bonds. The van der Waals surface area contributed by atoms with E-state index < -0.39 is 6.61 Å². The third kappa shape index (κ3) is 2.70. The molecule has 1 aliphatic heterocycles. The summed E-state index contributed by atoms with van der Waals surface area (Å²) in [6, 6.07) is 3.79. The molecule has 0 radical (unpaired) electrons. The van der Waals surface area contributed by atoms with Crippen LogP contribution in [0.15, 0.2) is 18.3 Å². The van der Waals surface area contributed by atoms with Crippen molar-refractivity contribution in [3.63, 3.8) is 0 Å². The van der Waals surface area contributed by atoms with Gasteiger partial charge in [0.2, 0.25) is 0 Å². The molecule has 1 aromatic carbocycles. The number of halogens is 2. The first-order chi connectivity index (χ1) is 11.6. The predicted octanol–water partition coefficient (Wildman–Crippen LogP) is 3.04. The molecule has 1 aromatic heterocycles. The molecule has 1 saturated carbocycles. The minimum Gasteiger partial charge on any atom is -0.432 e. The van der Waals surface area contributed by atoms with Gasteiger partial charge in [0.15, 0.2) is 5.75 Å². The van der Waals surface area contributed by atoms with Crippen molar-refractivity contribution in [2.45, 2.75) is 32.4 Å². The smallest absolute Gasteiger partial charge is 0.387 e. The number of aliphatic hydroxyl groups is 1. The monoisotopic (exact) mass is 337 g/mol. The molecule has 1 saturated heterocycles. The fourth-order valence-electron chi connectivity index (χ4n) is 3.30. The van der Waals surface area contributed by atoms with Crippen LogP contribution in [0.25, 0.3) is 10.9 Å². The van der Waals surface area contributed by atoms with Gasteiger partial charge >= 0.3 is 6.61 Å². The van der Waals surface area contributed by atoms with E-state index in [4.69, 9.17) is 0 Å². The van der Waals surface area contributed by atoms with Gasteiger partial charge in [0.1, 0.15) is 5.52 Å². The van der Waals surface area contributed by atoms with Crippen molar-refractivity contribution in [2.24, 2.45) is 11.8 Å². The number of aromatic nitrogens is 2. The van der Waals surface area contributed by atoms with E-state index in [2.05, 4.69) is 14.7 Å². The van der Waals surface area contributed by atoms with Crippen LogP contribution in [-0.2, 0) is 0 Å². The molecule has 1 N–H and O–H groups in total. The van der Waals surface area contributed by atoms with Crippen LogP contribution in [0.1, 0.15) is 25.8 Å². The summed E-state index contributed by atoms with van der Waals surface area (Å²) in [6.45, 7) is 1.10. The lowest BCUT2D eigenvalue weighted by Crippen LogP contribution is -2.50. The van der Waals surface area contributed by atoms with Crippen molar-refractivity contribution in [1.29, 1.82) is 0 Å². The molecule has 2 heterocycles.